The quantitative estimate of drug-likeness (QED) is 0.851. The van der Waals surface area contributed by atoms with E-state index >= 15 is 0 Å². The SMILES string of the molecule is CC(C(=O)NCc1ccc(F)cc1)S(=O)(=O)Cc1ccc(Cl)cc1. The Bertz CT molecular complexity index is 805. The Labute approximate surface area is 145 Å². The second-order valence-electron chi connectivity index (χ2n) is 5.42. The summed E-state index contributed by atoms with van der Waals surface area (Å²) in [7, 11) is -3.65. The Balaban J connectivity index is 1.97. The molecule has 0 bridgehead atoms. The van der Waals surface area contributed by atoms with Gasteiger partial charge >= 0.3 is 0 Å². The van der Waals surface area contributed by atoms with Gasteiger partial charge in [-0.3, -0.25) is 4.79 Å². The van der Waals surface area contributed by atoms with Gasteiger partial charge in [0.1, 0.15) is 11.1 Å². The molecular weight excluding hydrogens is 353 g/mol. The molecule has 0 aromatic heterocycles. The van der Waals surface area contributed by atoms with E-state index in [4.69, 9.17) is 11.6 Å². The normalized spacial score (nSPS) is 12.6. The minimum Gasteiger partial charge on any atom is -0.351 e. The number of sulfone groups is 1. The molecule has 0 spiro atoms. The Morgan fingerprint density at radius 1 is 1.08 bits per heavy atom. The zero-order chi connectivity index (χ0) is 17.7. The molecule has 1 atom stereocenters. The van der Waals surface area contributed by atoms with Gasteiger partial charge in [-0.15, -0.1) is 0 Å². The molecule has 4 nitrogen and oxygen atoms in total. The second-order valence-corrected chi connectivity index (χ2v) is 8.18. The van der Waals surface area contributed by atoms with Crippen molar-refractivity contribution in [2.24, 2.45) is 0 Å². The van der Waals surface area contributed by atoms with Crippen molar-refractivity contribution in [1.29, 1.82) is 0 Å². The van der Waals surface area contributed by atoms with Crippen molar-refractivity contribution in [3.05, 3.63) is 70.5 Å². The third-order valence-electron chi connectivity index (χ3n) is 3.57. The lowest BCUT2D eigenvalue weighted by atomic mass is 10.2. The fraction of sp³-hybridized carbons (Fsp3) is 0.235. The van der Waals surface area contributed by atoms with Gasteiger partial charge in [0.15, 0.2) is 9.84 Å². The lowest BCUT2D eigenvalue weighted by molar-refractivity contribution is -0.120. The van der Waals surface area contributed by atoms with Crippen LogP contribution in [0.1, 0.15) is 18.1 Å². The predicted molar refractivity (Wildman–Crippen MR) is 91.8 cm³/mol. The van der Waals surface area contributed by atoms with Crippen molar-refractivity contribution in [2.75, 3.05) is 0 Å². The number of carbonyl (C=O) groups excluding carboxylic acids is 1. The van der Waals surface area contributed by atoms with Gasteiger partial charge in [0, 0.05) is 11.6 Å². The maximum Gasteiger partial charge on any atom is 0.238 e. The van der Waals surface area contributed by atoms with Crippen LogP contribution in [0, 0.1) is 5.82 Å². The van der Waals surface area contributed by atoms with Crippen LogP contribution in [0.15, 0.2) is 48.5 Å². The van der Waals surface area contributed by atoms with Crippen molar-refractivity contribution in [3.63, 3.8) is 0 Å². The van der Waals surface area contributed by atoms with Gasteiger partial charge in [-0.25, -0.2) is 12.8 Å². The molecule has 1 unspecified atom stereocenters. The van der Waals surface area contributed by atoms with E-state index in [2.05, 4.69) is 5.32 Å². The highest BCUT2D eigenvalue weighted by Crippen LogP contribution is 2.15. The highest BCUT2D eigenvalue weighted by atomic mass is 35.5. The lowest BCUT2D eigenvalue weighted by Gasteiger charge is -2.13. The molecule has 2 rings (SSSR count). The second kappa shape index (κ2) is 7.77. The van der Waals surface area contributed by atoms with Crippen molar-refractivity contribution in [1.82, 2.24) is 5.32 Å². The third kappa shape index (κ3) is 5.04. The van der Waals surface area contributed by atoms with E-state index < -0.39 is 21.0 Å². The summed E-state index contributed by atoms with van der Waals surface area (Å²) in [5.41, 5.74) is 1.25. The van der Waals surface area contributed by atoms with Crippen LogP contribution in [0.25, 0.3) is 0 Å². The van der Waals surface area contributed by atoms with E-state index in [-0.39, 0.29) is 18.1 Å². The first-order chi connectivity index (χ1) is 11.3. The van der Waals surface area contributed by atoms with E-state index in [1.807, 2.05) is 0 Å². The van der Waals surface area contributed by atoms with Crippen molar-refractivity contribution in [3.8, 4) is 0 Å². The van der Waals surface area contributed by atoms with Crippen LogP contribution in [0.5, 0.6) is 0 Å². The number of rotatable bonds is 6. The summed E-state index contributed by atoms with van der Waals surface area (Å²) in [5.74, 6) is -1.20. The van der Waals surface area contributed by atoms with Gasteiger partial charge in [-0.1, -0.05) is 35.9 Å². The summed E-state index contributed by atoms with van der Waals surface area (Å²) < 4.78 is 37.5. The molecule has 0 aliphatic heterocycles. The zero-order valence-corrected chi connectivity index (χ0v) is 14.6. The summed E-state index contributed by atoms with van der Waals surface area (Å²) >= 11 is 5.77. The van der Waals surface area contributed by atoms with E-state index in [9.17, 15) is 17.6 Å². The third-order valence-corrected chi connectivity index (χ3v) is 5.85. The topological polar surface area (TPSA) is 63.2 Å². The molecule has 0 heterocycles. The van der Waals surface area contributed by atoms with Crippen LogP contribution in [0.3, 0.4) is 0 Å². The highest BCUT2D eigenvalue weighted by molar-refractivity contribution is 7.92. The van der Waals surface area contributed by atoms with Crippen LogP contribution < -0.4 is 5.32 Å². The van der Waals surface area contributed by atoms with E-state index in [1.165, 1.54) is 31.2 Å². The Hall–Kier alpha value is -1.92. The Morgan fingerprint density at radius 3 is 2.21 bits per heavy atom. The first-order valence-electron chi connectivity index (χ1n) is 7.26. The number of benzene rings is 2. The lowest BCUT2D eigenvalue weighted by Crippen LogP contribution is -2.38. The first kappa shape index (κ1) is 18.4. The molecule has 2 aromatic carbocycles. The van der Waals surface area contributed by atoms with Gasteiger partial charge in [-0.05, 0) is 42.3 Å². The van der Waals surface area contributed by atoms with Crippen LogP contribution in [0.4, 0.5) is 4.39 Å². The average Bonchev–Trinajstić information content (AvgIpc) is 2.55. The average molecular weight is 370 g/mol. The molecule has 2 aromatic rings. The maximum atomic E-state index is 12.8. The number of carbonyl (C=O) groups is 1. The fourth-order valence-electron chi connectivity index (χ4n) is 2.04. The Kier molecular flexibility index (Phi) is 5.96. The molecule has 1 amide bonds. The molecule has 0 saturated heterocycles. The Morgan fingerprint density at radius 2 is 1.62 bits per heavy atom. The monoisotopic (exact) mass is 369 g/mol. The van der Waals surface area contributed by atoms with Crippen LogP contribution >= 0.6 is 11.6 Å². The molecule has 0 radical (unpaired) electrons. The standard InChI is InChI=1S/C17H17ClFNO3S/c1-12(17(21)20-10-13-4-8-16(19)9-5-13)24(22,23)11-14-2-6-15(18)7-3-14/h2-9,12H,10-11H2,1H3,(H,20,21). The molecule has 7 heteroatoms. The van der Waals surface area contributed by atoms with Gasteiger partial charge in [0.05, 0.1) is 5.75 Å². The number of halogens is 2. The van der Waals surface area contributed by atoms with Crippen LogP contribution in [-0.2, 0) is 26.9 Å². The summed E-state index contributed by atoms with van der Waals surface area (Å²) in [5, 5.41) is 1.89. The molecule has 0 aliphatic carbocycles. The van der Waals surface area contributed by atoms with Gasteiger partial charge in [0.2, 0.25) is 5.91 Å². The summed E-state index contributed by atoms with van der Waals surface area (Å²) in [6, 6.07) is 12.1. The highest BCUT2D eigenvalue weighted by Gasteiger charge is 2.27. The summed E-state index contributed by atoms with van der Waals surface area (Å²) in [4.78, 5) is 12.1. The summed E-state index contributed by atoms with van der Waals surface area (Å²) in [6.45, 7) is 1.49. The van der Waals surface area contributed by atoms with Crippen molar-refractivity contribution < 1.29 is 17.6 Å². The van der Waals surface area contributed by atoms with E-state index in [0.29, 0.717) is 16.1 Å². The predicted octanol–water partition coefficient (Wildman–Crippen LogP) is 3.10. The number of hydrogen-bond acceptors (Lipinski definition) is 3. The molecule has 0 saturated carbocycles. The number of amides is 1. The van der Waals surface area contributed by atoms with Crippen molar-refractivity contribution in [2.45, 2.75) is 24.5 Å². The minimum atomic E-state index is -3.65. The molecule has 128 valence electrons. The smallest absolute Gasteiger partial charge is 0.238 e. The number of nitrogens with one attached hydrogen (secondary N) is 1. The van der Waals surface area contributed by atoms with E-state index in [0.717, 1.165) is 0 Å². The zero-order valence-electron chi connectivity index (χ0n) is 13.0. The fourth-order valence-corrected chi connectivity index (χ4v) is 3.48. The van der Waals surface area contributed by atoms with Crippen LogP contribution in [-0.4, -0.2) is 19.6 Å². The largest absolute Gasteiger partial charge is 0.351 e. The first-order valence-corrected chi connectivity index (χ1v) is 9.35. The maximum absolute atomic E-state index is 12.8. The van der Waals surface area contributed by atoms with Gasteiger partial charge in [0.25, 0.3) is 0 Å². The number of hydrogen-bond donors (Lipinski definition) is 1. The van der Waals surface area contributed by atoms with Crippen LogP contribution in [0.2, 0.25) is 5.02 Å². The molecule has 24 heavy (non-hydrogen) atoms. The summed E-state index contributed by atoms with van der Waals surface area (Å²) in [6.07, 6.45) is 0. The molecule has 1 N–H and O–H groups in total. The molecule has 0 aliphatic rings. The van der Waals surface area contributed by atoms with Crippen molar-refractivity contribution >= 4 is 27.3 Å². The van der Waals surface area contributed by atoms with Gasteiger partial charge < -0.3 is 5.32 Å². The molecular formula is C17H17ClFNO3S. The minimum absolute atomic E-state index is 0.139. The van der Waals surface area contributed by atoms with E-state index in [1.54, 1.807) is 24.3 Å². The van der Waals surface area contributed by atoms with Gasteiger partial charge in [-0.2, -0.15) is 0 Å². The molecule has 0 fully saturated rings.